The highest BCUT2D eigenvalue weighted by atomic mass is 16.5. The lowest BCUT2D eigenvalue weighted by molar-refractivity contribution is 0.0737. The van der Waals surface area contributed by atoms with Crippen molar-refractivity contribution >= 4 is 11.6 Å². The van der Waals surface area contributed by atoms with Crippen molar-refractivity contribution in [2.45, 2.75) is 13.8 Å². The summed E-state index contributed by atoms with van der Waals surface area (Å²) in [6.07, 6.45) is 0. The van der Waals surface area contributed by atoms with Gasteiger partial charge < -0.3 is 19.3 Å². The van der Waals surface area contributed by atoms with Crippen LogP contribution in [0.2, 0.25) is 0 Å². The first-order valence-electron chi connectivity index (χ1n) is 10.4. The van der Waals surface area contributed by atoms with Crippen molar-refractivity contribution in [2.24, 2.45) is 0 Å². The Labute approximate surface area is 182 Å². The first-order chi connectivity index (χ1) is 15.0. The van der Waals surface area contributed by atoms with E-state index in [4.69, 9.17) is 9.47 Å². The Kier molecular flexibility index (Phi) is 5.84. The van der Waals surface area contributed by atoms with Crippen LogP contribution in [0, 0.1) is 13.8 Å². The van der Waals surface area contributed by atoms with Gasteiger partial charge in [-0.1, -0.05) is 12.1 Å². The van der Waals surface area contributed by atoms with Crippen LogP contribution < -0.4 is 14.4 Å². The Morgan fingerprint density at radius 1 is 0.935 bits per heavy atom. The molecular weight excluding hydrogens is 392 g/mol. The van der Waals surface area contributed by atoms with Gasteiger partial charge in [-0.2, -0.15) is 5.10 Å². The van der Waals surface area contributed by atoms with Crippen molar-refractivity contribution in [3.05, 3.63) is 65.5 Å². The van der Waals surface area contributed by atoms with Gasteiger partial charge in [-0.05, 0) is 49.7 Å². The minimum atomic E-state index is 0.00320. The molecule has 162 valence electrons. The normalized spacial score (nSPS) is 13.9. The third kappa shape index (κ3) is 4.21. The molecule has 0 radical (unpaired) electrons. The predicted octanol–water partition coefficient (Wildman–Crippen LogP) is 3.47. The molecule has 1 fully saturated rings. The van der Waals surface area contributed by atoms with E-state index in [1.54, 1.807) is 18.9 Å². The molecule has 1 aliphatic rings. The Balaban J connectivity index is 1.51. The van der Waals surface area contributed by atoms with Crippen LogP contribution in [-0.4, -0.2) is 61.0 Å². The fourth-order valence-corrected chi connectivity index (χ4v) is 3.97. The smallest absolute Gasteiger partial charge is 0.272 e. The molecule has 0 atom stereocenters. The Bertz CT molecular complexity index is 1080. The SMILES string of the molecule is COc1ccc(N2CCN(C(=O)c3cc(C)nn3-c3cccc(C)c3)CC2)c(OC)c1. The number of carbonyl (C=O) groups excluding carboxylic acids is 1. The van der Waals surface area contributed by atoms with E-state index < -0.39 is 0 Å². The van der Waals surface area contributed by atoms with Crippen LogP contribution in [0.5, 0.6) is 11.5 Å². The van der Waals surface area contributed by atoms with E-state index in [0.717, 1.165) is 47.2 Å². The Hall–Kier alpha value is -3.48. The quantitative estimate of drug-likeness (QED) is 0.633. The minimum absolute atomic E-state index is 0.00320. The molecule has 4 rings (SSSR count). The number of carbonyl (C=O) groups is 1. The second kappa shape index (κ2) is 8.71. The third-order valence-electron chi connectivity index (χ3n) is 5.59. The van der Waals surface area contributed by atoms with E-state index in [-0.39, 0.29) is 5.91 Å². The van der Waals surface area contributed by atoms with Crippen LogP contribution in [-0.2, 0) is 0 Å². The van der Waals surface area contributed by atoms with Gasteiger partial charge in [0.25, 0.3) is 5.91 Å². The molecule has 1 saturated heterocycles. The second-order valence-corrected chi connectivity index (χ2v) is 7.74. The van der Waals surface area contributed by atoms with E-state index in [2.05, 4.69) is 10.00 Å². The molecule has 1 aromatic heterocycles. The third-order valence-corrected chi connectivity index (χ3v) is 5.59. The van der Waals surface area contributed by atoms with Crippen LogP contribution in [0.15, 0.2) is 48.5 Å². The predicted molar refractivity (Wildman–Crippen MR) is 121 cm³/mol. The standard InChI is InChI=1S/C24H28N4O3/c1-17-6-5-7-19(14-17)28-22(15-18(2)25-28)24(29)27-12-10-26(11-13-27)21-9-8-20(30-3)16-23(21)31-4/h5-9,14-16H,10-13H2,1-4H3. The summed E-state index contributed by atoms with van der Waals surface area (Å²) < 4.78 is 12.6. The summed E-state index contributed by atoms with van der Waals surface area (Å²) in [5, 5.41) is 4.57. The molecule has 7 nitrogen and oxygen atoms in total. The number of hydrogen-bond donors (Lipinski definition) is 0. The Morgan fingerprint density at radius 3 is 2.39 bits per heavy atom. The molecule has 1 amide bonds. The van der Waals surface area contributed by atoms with E-state index in [1.807, 2.05) is 67.3 Å². The maximum atomic E-state index is 13.3. The topological polar surface area (TPSA) is 59.8 Å². The fourth-order valence-electron chi connectivity index (χ4n) is 3.97. The first-order valence-corrected chi connectivity index (χ1v) is 10.4. The number of anilines is 1. The van der Waals surface area contributed by atoms with Gasteiger partial charge in [0.05, 0.1) is 31.3 Å². The Morgan fingerprint density at radius 2 is 1.71 bits per heavy atom. The zero-order valence-electron chi connectivity index (χ0n) is 18.5. The van der Waals surface area contributed by atoms with Crippen molar-refractivity contribution in [1.29, 1.82) is 0 Å². The van der Waals surface area contributed by atoms with Gasteiger partial charge in [-0.3, -0.25) is 4.79 Å². The van der Waals surface area contributed by atoms with Crippen LogP contribution in [0.1, 0.15) is 21.7 Å². The summed E-state index contributed by atoms with van der Waals surface area (Å²) in [7, 11) is 3.30. The van der Waals surface area contributed by atoms with Crippen molar-refractivity contribution in [1.82, 2.24) is 14.7 Å². The molecule has 0 N–H and O–H groups in total. The number of aryl methyl sites for hydroxylation is 2. The van der Waals surface area contributed by atoms with Crippen molar-refractivity contribution in [2.75, 3.05) is 45.3 Å². The highest BCUT2D eigenvalue weighted by Gasteiger charge is 2.26. The van der Waals surface area contributed by atoms with Gasteiger partial charge in [0.15, 0.2) is 0 Å². The number of amides is 1. The van der Waals surface area contributed by atoms with E-state index >= 15 is 0 Å². The largest absolute Gasteiger partial charge is 0.497 e. The zero-order valence-corrected chi connectivity index (χ0v) is 18.5. The summed E-state index contributed by atoms with van der Waals surface area (Å²) in [5.74, 6) is 1.53. The summed E-state index contributed by atoms with van der Waals surface area (Å²) in [4.78, 5) is 17.5. The van der Waals surface area contributed by atoms with Crippen LogP contribution in [0.3, 0.4) is 0 Å². The molecule has 0 bridgehead atoms. The highest BCUT2D eigenvalue weighted by Crippen LogP contribution is 2.33. The molecule has 0 spiro atoms. The summed E-state index contributed by atoms with van der Waals surface area (Å²) in [5.41, 5.74) is 4.46. The summed E-state index contributed by atoms with van der Waals surface area (Å²) in [6.45, 7) is 6.67. The van der Waals surface area contributed by atoms with Gasteiger partial charge in [0.1, 0.15) is 17.2 Å². The fraction of sp³-hybridized carbons (Fsp3) is 0.333. The zero-order chi connectivity index (χ0) is 22.0. The molecule has 0 unspecified atom stereocenters. The highest BCUT2D eigenvalue weighted by molar-refractivity contribution is 5.93. The lowest BCUT2D eigenvalue weighted by Gasteiger charge is -2.36. The number of ether oxygens (including phenoxy) is 2. The van der Waals surface area contributed by atoms with Crippen LogP contribution in [0.4, 0.5) is 5.69 Å². The number of methoxy groups -OCH3 is 2. The second-order valence-electron chi connectivity index (χ2n) is 7.74. The van der Waals surface area contributed by atoms with E-state index in [1.165, 1.54) is 0 Å². The molecule has 2 heterocycles. The lowest BCUT2D eigenvalue weighted by Crippen LogP contribution is -2.49. The van der Waals surface area contributed by atoms with Crippen molar-refractivity contribution in [3.63, 3.8) is 0 Å². The number of benzene rings is 2. The maximum absolute atomic E-state index is 13.3. The first kappa shape index (κ1) is 20.8. The molecule has 2 aromatic carbocycles. The average Bonchev–Trinajstić information content (AvgIpc) is 3.20. The number of rotatable bonds is 5. The van der Waals surface area contributed by atoms with Crippen LogP contribution in [0.25, 0.3) is 5.69 Å². The molecule has 3 aromatic rings. The summed E-state index contributed by atoms with van der Waals surface area (Å²) >= 11 is 0. The molecular formula is C24H28N4O3. The average molecular weight is 421 g/mol. The molecule has 31 heavy (non-hydrogen) atoms. The monoisotopic (exact) mass is 420 g/mol. The molecule has 0 saturated carbocycles. The molecule has 1 aliphatic heterocycles. The number of aromatic nitrogens is 2. The van der Waals surface area contributed by atoms with Crippen molar-refractivity contribution in [3.8, 4) is 17.2 Å². The van der Waals surface area contributed by atoms with Gasteiger partial charge in [0, 0.05) is 32.2 Å². The van der Waals surface area contributed by atoms with E-state index in [0.29, 0.717) is 18.8 Å². The summed E-state index contributed by atoms with van der Waals surface area (Å²) in [6, 6.07) is 15.7. The number of hydrogen-bond acceptors (Lipinski definition) is 5. The molecule has 7 heteroatoms. The van der Waals surface area contributed by atoms with Gasteiger partial charge in [0.2, 0.25) is 0 Å². The van der Waals surface area contributed by atoms with Crippen LogP contribution >= 0.6 is 0 Å². The number of nitrogens with zero attached hydrogens (tertiary/aromatic N) is 4. The van der Waals surface area contributed by atoms with E-state index in [9.17, 15) is 4.79 Å². The minimum Gasteiger partial charge on any atom is -0.497 e. The molecule has 0 aliphatic carbocycles. The maximum Gasteiger partial charge on any atom is 0.272 e. The lowest BCUT2D eigenvalue weighted by atomic mass is 10.2. The van der Waals surface area contributed by atoms with Gasteiger partial charge >= 0.3 is 0 Å². The van der Waals surface area contributed by atoms with Gasteiger partial charge in [-0.15, -0.1) is 0 Å². The van der Waals surface area contributed by atoms with Crippen molar-refractivity contribution < 1.29 is 14.3 Å². The number of piperazine rings is 1. The van der Waals surface area contributed by atoms with Gasteiger partial charge in [-0.25, -0.2) is 4.68 Å².